The first kappa shape index (κ1) is 11.3. The van der Waals surface area contributed by atoms with Gasteiger partial charge >= 0.3 is 0 Å². The lowest BCUT2D eigenvalue weighted by Gasteiger charge is -2.09. The Morgan fingerprint density at radius 3 is 3.00 bits per heavy atom. The highest BCUT2D eigenvalue weighted by Gasteiger charge is 2.09. The molecular weight excluding hydrogens is 268 g/mol. The Balaban J connectivity index is 2.50. The average molecular weight is 281 g/mol. The zero-order chi connectivity index (χ0) is 11.5. The molecule has 1 aromatic heterocycles. The molecule has 0 fully saturated rings. The van der Waals surface area contributed by atoms with Gasteiger partial charge in [0.05, 0.1) is 17.6 Å². The van der Waals surface area contributed by atoms with Gasteiger partial charge in [-0.3, -0.25) is 0 Å². The molecule has 1 heterocycles. The maximum atomic E-state index is 4.11. The summed E-state index contributed by atoms with van der Waals surface area (Å²) in [4.78, 5) is 0. The van der Waals surface area contributed by atoms with Crippen LogP contribution in [0.5, 0.6) is 0 Å². The second-order valence-corrected chi connectivity index (χ2v) is 4.41. The van der Waals surface area contributed by atoms with Crippen molar-refractivity contribution < 1.29 is 0 Å². The van der Waals surface area contributed by atoms with Crippen LogP contribution in [0.4, 0.5) is 0 Å². The van der Waals surface area contributed by atoms with E-state index in [0.29, 0.717) is 0 Å². The number of nitrogens with zero attached hydrogens (tertiary/aromatic N) is 3. The number of nitrogens with one attached hydrogen (secondary N) is 1. The fraction of sp³-hybridized carbons (Fsp3) is 0.273. The minimum atomic E-state index is 0.749. The van der Waals surface area contributed by atoms with E-state index >= 15 is 0 Å². The molecule has 0 bridgehead atoms. The van der Waals surface area contributed by atoms with Crippen LogP contribution >= 0.6 is 15.9 Å². The van der Waals surface area contributed by atoms with Crippen LogP contribution in [0, 0.1) is 6.92 Å². The summed E-state index contributed by atoms with van der Waals surface area (Å²) in [5.41, 5.74) is 3.26. The first-order valence-electron chi connectivity index (χ1n) is 5.03. The van der Waals surface area contributed by atoms with Gasteiger partial charge in [-0.2, -0.15) is 0 Å². The predicted molar refractivity (Wildman–Crippen MR) is 66.6 cm³/mol. The molecule has 0 amide bonds. The van der Waals surface area contributed by atoms with Gasteiger partial charge in [-0.15, -0.1) is 5.10 Å². The van der Waals surface area contributed by atoms with Gasteiger partial charge in [-0.05, 0) is 31.7 Å². The summed E-state index contributed by atoms with van der Waals surface area (Å²) in [6, 6.07) is 6.05. The van der Waals surface area contributed by atoms with Crippen molar-refractivity contribution in [3.05, 3.63) is 40.1 Å². The van der Waals surface area contributed by atoms with Gasteiger partial charge in [0, 0.05) is 11.0 Å². The molecule has 0 aliphatic rings. The van der Waals surface area contributed by atoms with E-state index in [4.69, 9.17) is 0 Å². The van der Waals surface area contributed by atoms with Gasteiger partial charge in [0.1, 0.15) is 0 Å². The molecule has 0 radical (unpaired) electrons. The second-order valence-electron chi connectivity index (χ2n) is 3.55. The van der Waals surface area contributed by atoms with E-state index in [1.807, 2.05) is 29.9 Å². The summed E-state index contributed by atoms with van der Waals surface area (Å²) in [7, 11) is 1.91. The SMILES string of the molecule is CNCc1cnnn1-c1cccc(Br)c1C. The average Bonchev–Trinajstić information content (AvgIpc) is 2.71. The van der Waals surface area contributed by atoms with Crippen molar-refractivity contribution in [2.24, 2.45) is 0 Å². The van der Waals surface area contributed by atoms with Gasteiger partial charge in [0.2, 0.25) is 0 Å². The molecule has 0 saturated heterocycles. The van der Waals surface area contributed by atoms with E-state index in [1.165, 1.54) is 0 Å². The van der Waals surface area contributed by atoms with Crippen LogP contribution in [0.15, 0.2) is 28.9 Å². The summed E-state index contributed by atoms with van der Waals surface area (Å²) < 4.78 is 2.94. The van der Waals surface area contributed by atoms with E-state index in [2.05, 4.69) is 38.5 Å². The summed E-state index contributed by atoms with van der Waals surface area (Å²) in [6.07, 6.45) is 1.77. The summed E-state index contributed by atoms with van der Waals surface area (Å²) in [6.45, 7) is 2.81. The number of benzene rings is 1. The van der Waals surface area contributed by atoms with Crippen LogP contribution in [-0.4, -0.2) is 22.0 Å². The number of aromatic nitrogens is 3. The smallest absolute Gasteiger partial charge is 0.0783 e. The van der Waals surface area contributed by atoms with Crippen LogP contribution < -0.4 is 5.32 Å². The van der Waals surface area contributed by atoms with Gasteiger partial charge in [-0.1, -0.05) is 27.2 Å². The quantitative estimate of drug-likeness (QED) is 0.936. The zero-order valence-electron chi connectivity index (χ0n) is 9.24. The Hall–Kier alpha value is -1.20. The monoisotopic (exact) mass is 280 g/mol. The van der Waals surface area contributed by atoms with E-state index in [9.17, 15) is 0 Å². The van der Waals surface area contributed by atoms with Crippen molar-refractivity contribution in [2.45, 2.75) is 13.5 Å². The van der Waals surface area contributed by atoms with E-state index in [1.54, 1.807) is 6.20 Å². The molecule has 1 aromatic carbocycles. The molecule has 0 spiro atoms. The maximum Gasteiger partial charge on any atom is 0.0783 e. The molecule has 0 atom stereocenters. The van der Waals surface area contributed by atoms with E-state index in [-0.39, 0.29) is 0 Å². The highest BCUT2D eigenvalue weighted by molar-refractivity contribution is 9.10. The number of hydrogen-bond acceptors (Lipinski definition) is 3. The molecule has 0 saturated carbocycles. The molecule has 0 aliphatic heterocycles. The van der Waals surface area contributed by atoms with Crippen molar-refractivity contribution in [3.63, 3.8) is 0 Å². The van der Waals surface area contributed by atoms with Gasteiger partial charge in [-0.25, -0.2) is 4.68 Å². The Labute approximate surface area is 103 Å². The first-order valence-corrected chi connectivity index (χ1v) is 5.83. The standard InChI is InChI=1S/C11H13BrN4/c1-8-10(12)4-3-5-11(8)16-9(6-13-2)7-14-15-16/h3-5,7,13H,6H2,1-2H3. The van der Waals surface area contributed by atoms with Crippen LogP contribution in [-0.2, 0) is 6.54 Å². The molecule has 16 heavy (non-hydrogen) atoms. The highest BCUT2D eigenvalue weighted by Crippen LogP contribution is 2.22. The molecule has 84 valence electrons. The van der Waals surface area contributed by atoms with Gasteiger partial charge in [0.25, 0.3) is 0 Å². The maximum absolute atomic E-state index is 4.11. The highest BCUT2D eigenvalue weighted by atomic mass is 79.9. The minimum absolute atomic E-state index is 0.749. The molecular formula is C11H13BrN4. The van der Waals surface area contributed by atoms with Crippen molar-refractivity contribution in [3.8, 4) is 5.69 Å². The predicted octanol–water partition coefficient (Wildman–Crippen LogP) is 2.06. The fourth-order valence-corrected chi connectivity index (χ4v) is 1.94. The number of rotatable bonds is 3. The fourth-order valence-electron chi connectivity index (χ4n) is 1.59. The summed E-state index contributed by atoms with van der Waals surface area (Å²) >= 11 is 3.52. The van der Waals surface area contributed by atoms with Gasteiger partial charge in [0.15, 0.2) is 0 Å². The Kier molecular flexibility index (Phi) is 3.36. The first-order chi connectivity index (χ1) is 7.74. The van der Waals surface area contributed by atoms with E-state index in [0.717, 1.165) is 28.0 Å². The van der Waals surface area contributed by atoms with E-state index < -0.39 is 0 Å². The summed E-state index contributed by atoms with van der Waals surface area (Å²) in [5, 5.41) is 11.2. The summed E-state index contributed by atoms with van der Waals surface area (Å²) in [5.74, 6) is 0. The van der Waals surface area contributed by atoms with Crippen molar-refractivity contribution in [2.75, 3.05) is 7.05 Å². The lowest BCUT2D eigenvalue weighted by atomic mass is 10.2. The Bertz CT molecular complexity index is 492. The van der Waals surface area contributed by atoms with Crippen LogP contribution in [0.3, 0.4) is 0 Å². The van der Waals surface area contributed by atoms with Crippen molar-refractivity contribution >= 4 is 15.9 Å². The molecule has 2 rings (SSSR count). The normalized spacial score (nSPS) is 10.7. The largest absolute Gasteiger partial charge is 0.314 e. The molecule has 4 nitrogen and oxygen atoms in total. The lowest BCUT2D eigenvalue weighted by Crippen LogP contribution is -2.11. The number of hydrogen-bond donors (Lipinski definition) is 1. The third-order valence-corrected chi connectivity index (χ3v) is 3.30. The second kappa shape index (κ2) is 4.76. The van der Waals surface area contributed by atoms with Gasteiger partial charge < -0.3 is 5.32 Å². The third-order valence-electron chi connectivity index (χ3n) is 2.45. The topological polar surface area (TPSA) is 42.7 Å². The Morgan fingerprint density at radius 2 is 2.25 bits per heavy atom. The van der Waals surface area contributed by atoms with Crippen molar-refractivity contribution in [1.29, 1.82) is 0 Å². The van der Waals surface area contributed by atoms with Crippen LogP contribution in [0.25, 0.3) is 5.69 Å². The van der Waals surface area contributed by atoms with Crippen molar-refractivity contribution in [1.82, 2.24) is 20.3 Å². The van der Waals surface area contributed by atoms with Crippen LogP contribution in [0.2, 0.25) is 0 Å². The molecule has 0 aliphatic carbocycles. The molecule has 1 N–H and O–H groups in total. The zero-order valence-corrected chi connectivity index (χ0v) is 10.8. The third kappa shape index (κ3) is 2.01. The Morgan fingerprint density at radius 1 is 1.44 bits per heavy atom. The molecule has 0 unspecified atom stereocenters. The minimum Gasteiger partial charge on any atom is -0.314 e. The number of halogens is 1. The lowest BCUT2D eigenvalue weighted by molar-refractivity contribution is 0.711. The molecule has 5 heteroatoms. The van der Waals surface area contributed by atoms with Crippen LogP contribution in [0.1, 0.15) is 11.3 Å². The molecule has 2 aromatic rings.